The van der Waals surface area contributed by atoms with Crippen molar-refractivity contribution in [1.29, 1.82) is 0 Å². The lowest BCUT2D eigenvalue weighted by molar-refractivity contribution is -0.0493. The van der Waals surface area contributed by atoms with Crippen molar-refractivity contribution in [1.82, 2.24) is 4.98 Å². The molecule has 4 rings (SSSR count). The minimum atomic E-state index is -2.99. The van der Waals surface area contributed by atoms with Gasteiger partial charge in [0.2, 0.25) is 0 Å². The van der Waals surface area contributed by atoms with Gasteiger partial charge in [0.25, 0.3) is 5.91 Å². The molecule has 4 aromatic rings. The minimum absolute atomic E-state index is 0.0972. The van der Waals surface area contributed by atoms with E-state index in [0.29, 0.717) is 28.1 Å². The van der Waals surface area contributed by atoms with Crippen LogP contribution in [0.5, 0.6) is 5.75 Å². The van der Waals surface area contributed by atoms with E-state index in [-0.39, 0.29) is 11.4 Å². The van der Waals surface area contributed by atoms with Crippen LogP contribution in [-0.4, -0.2) is 17.5 Å². The van der Waals surface area contributed by atoms with Crippen LogP contribution in [-0.2, 0) is 0 Å². The number of fused-ring (bicyclic) bond motifs is 1. The molecule has 0 aliphatic heterocycles. The number of hydrogen-bond acceptors (Lipinski definition) is 3. The lowest BCUT2D eigenvalue weighted by Crippen LogP contribution is -2.15. The van der Waals surface area contributed by atoms with Gasteiger partial charge in [0.05, 0.1) is 22.5 Å². The van der Waals surface area contributed by atoms with Gasteiger partial charge in [0.15, 0.2) is 0 Å². The maximum Gasteiger partial charge on any atom is 0.387 e. The quantitative estimate of drug-likeness (QED) is 0.325. The normalized spacial score (nSPS) is 12.0. The third-order valence-corrected chi connectivity index (χ3v) is 5.70. The van der Waals surface area contributed by atoms with Crippen molar-refractivity contribution >= 4 is 22.5 Å². The van der Waals surface area contributed by atoms with E-state index in [1.165, 1.54) is 17.7 Å². The highest BCUT2D eigenvalue weighted by molar-refractivity contribution is 6.13. The number of nitrogens with zero attached hydrogens (tertiary/aromatic N) is 1. The van der Waals surface area contributed by atoms with Crippen molar-refractivity contribution in [2.24, 2.45) is 0 Å². The van der Waals surface area contributed by atoms with Gasteiger partial charge < -0.3 is 10.1 Å². The standard InChI is InChI=1S/C27H24F2N2O2/c1-3-17(2)18-12-14-19(15-13-18)24-16-21(20-8-4-5-9-22(20)30-24)26(32)31-23-10-6-7-11-25(23)33-27(28)29/h4-17,27H,3H2,1-2H3,(H,31,32)/t17-/m1/s1. The number of amides is 1. The summed E-state index contributed by atoms with van der Waals surface area (Å²) in [5, 5.41) is 3.38. The molecule has 0 unspecified atom stereocenters. The number of halogens is 2. The summed E-state index contributed by atoms with van der Waals surface area (Å²) in [6.07, 6.45) is 1.05. The summed E-state index contributed by atoms with van der Waals surface area (Å²) in [5.74, 6) is -0.0723. The molecule has 0 saturated heterocycles. The first kappa shape index (κ1) is 22.4. The molecule has 0 bridgehead atoms. The zero-order valence-corrected chi connectivity index (χ0v) is 18.4. The smallest absolute Gasteiger partial charge is 0.387 e. The number of hydrogen-bond donors (Lipinski definition) is 1. The number of pyridine rings is 1. The average molecular weight is 446 g/mol. The fourth-order valence-electron chi connectivity index (χ4n) is 3.69. The molecular weight excluding hydrogens is 422 g/mol. The van der Waals surface area contributed by atoms with E-state index in [1.807, 2.05) is 36.4 Å². The van der Waals surface area contributed by atoms with E-state index in [4.69, 9.17) is 4.98 Å². The van der Waals surface area contributed by atoms with Crippen LogP contribution < -0.4 is 10.1 Å². The number of carbonyl (C=O) groups is 1. The predicted octanol–water partition coefficient (Wildman–Crippen LogP) is 7.27. The van der Waals surface area contributed by atoms with E-state index in [2.05, 4.69) is 36.0 Å². The largest absolute Gasteiger partial charge is 0.433 e. The fourth-order valence-corrected chi connectivity index (χ4v) is 3.69. The first-order chi connectivity index (χ1) is 16.0. The molecule has 168 valence electrons. The molecule has 1 heterocycles. The number of alkyl halides is 2. The maximum atomic E-state index is 13.2. The summed E-state index contributed by atoms with van der Waals surface area (Å²) in [4.78, 5) is 18.0. The summed E-state index contributed by atoms with van der Waals surface area (Å²) in [6.45, 7) is 1.34. The maximum absolute atomic E-state index is 13.2. The molecule has 0 radical (unpaired) electrons. The lowest BCUT2D eigenvalue weighted by Gasteiger charge is -2.14. The Morgan fingerprint density at radius 3 is 2.42 bits per heavy atom. The number of benzene rings is 3. The third-order valence-electron chi connectivity index (χ3n) is 5.70. The number of ether oxygens (including phenoxy) is 1. The van der Waals surface area contributed by atoms with E-state index in [9.17, 15) is 13.6 Å². The van der Waals surface area contributed by atoms with Crippen LogP contribution in [0.4, 0.5) is 14.5 Å². The van der Waals surface area contributed by atoms with Crippen LogP contribution >= 0.6 is 0 Å². The van der Waals surface area contributed by atoms with E-state index in [0.717, 1.165) is 12.0 Å². The third kappa shape index (κ3) is 5.00. The molecule has 1 atom stereocenters. The van der Waals surface area contributed by atoms with Crippen molar-refractivity contribution in [2.45, 2.75) is 32.8 Å². The highest BCUT2D eigenvalue weighted by Gasteiger charge is 2.17. The molecule has 1 amide bonds. The van der Waals surface area contributed by atoms with E-state index in [1.54, 1.807) is 18.2 Å². The lowest BCUT2D eigenvalue weighted by atomic mass is 9.96. The molecule has 1 N–H and O–H groups in total. The van der Waals surface area contributed by atoms with Crippen molar-refractivity contribution in [2.75, 3.05) is 5.32 Å². The second kappa shape index (κ2) is 9.77. The highest BCUT2D eigenvalue weighted by atomic mass is 19.3. The van der Waals surface area contributed by atoms with Gasteiger partial charge in [-0.05, 0) is 42.2 Å². The highest BCUT2D eigenvalue weighted by Crippen LogP contribution is 2.30. The molecular formula is C27H24F2N2O2. The Balaban J connectivity index is 1.73. The molecule has 4 nitrogen and oxygen atoms in total. The van der Waals surface area contributed by atoms with Gasteiger partial charge in [-0.2, -0.15) is 8.78 Å². The average Bonchev–Trinajstić information content (AvgIpc) is 2.83. The Bertz CT molecular complexity index is 1270. The van der Waals surface area contributed by atoms with Crippen LogP contribution in [0.25, 0.3) is 22.2 Å². The summed E-state index contributed by atoms with van der Waals surface area (Å²) >= 11 is 0. The van der Waals surface area contributed by atoms with Gasteiger partial charge in [-0.3, -0.25) is 4.79 Å². The monoisotopic (exact) mass is 446 g/mol. The fraction of sp³-hybridized carbons (Fsp3) is 0.185. The summed E-state index contributed by atoms with van der Waals surface area (Å²) in [7, 11) is 0. The topological polar surface area (TPSA) is 51.2 Å². The van der Waals surface area contributed by atoms with Gasteiger partial charge in [0.1, 0.15) is 5.75 Å². The van der Waals surface area contributed by atoms with Crippen LogP contribution in [0.15, 0.2) is 78.9 Å². The molecule has 0 fully saturated rings. The van der Waals surface area contributed by atoms with Gasteiger partial charge in [-0.1, -0.05) is 68.4 Å². The minimum Gasteiger partial charge on any atom is -0.433 e. The number of carbonyl (C=O) groups excluding carboxylic acids is 1. The van der Waals surface area contributed by atoms with Gasteiger partial charge in [-0.15, -0.1) is 0 Å². The zero-order valence-electron chi connectivity index (χ0n) is 18.4. The molecule has 0 spiro atoms. The molecule has 0 saturated carbocycles. The zero-order chi connectivity index (χ0) is 23.4. The molecule has 3 aromatic carbocycles. The molecule has 33 heavy (non-hydrogen) atoms. The number of anilines is 1. The SMILES string of the molecule is CC[C@@H](C)c1ccc(-c2cc(C(=O)Nc3ccccc3OC(F)F)c3ccccc3n2)cc1. The Hall–Kier alpha value is -3.80. The molecule has 0 aliphatic carbocycles. The summed E-state index contributed by atoms with van der Waals surface area (Å²) in [6, 6.07) is 23.4. The van der Waals surface area contributed by atoms with Crippen molar-refractivity contribution < 1.29 is 18.3 Å². The van der Waals surface area contributed by atoms with Gasteiger partial charge in [-0.25, -0.2) is 4.98 Å². The van der Waals surface area contributed by atoms with Crippen molar-refractivity contribution in [3.8, 4) is 17.0 Å². The predicted molar refractivity (Wildman–Crippen MR) is 127 cm³/mol. The van der Waals surface area contributed by atoms with Gasteiger partial charge in [0, 0.05) is 10.9 Å². The summed E-state index contributed by atoms with van der Waals surface area (Å²) in [5.41, 5.74) is 4.03. The Labute approximate surface area is 191 Å². The van der Waals surface area contributed by atoms with Crippen molar-refractivity contribution in [3.63, 3.8) is 0 Å². The first-order valence-electron chi connectivity index (χ1n) is 10.8. The second-order valence-corrected chi connectivity index (χ2v) is 7.83. The Morgan fingerprint density at radius 2 is 1.70 bits per heavy atom. The van der Waals surface area contributed by atoms with Gasteiger partial charge >= 0.3 is 6.61 Å². The number of para-hydroxylation sites is 3. The Morgan fingerprint density at radius 1 is 1.00 bits per heavy atom. The Kier molecular flexibility index (Phi) is 6.63. The van der Waals surface area contributed by atoms with Crippen LogP contribution in [0.3, 0.4) is 0 Å². The van der Waals surface area contributed by atoms with E-state index >= 15 is 0 Å². The summed E-state index contributed by atoms with van der Waals surface area (Å²) < 4.78 is 30.1. The number of aromatic nitrogens is 1. The van der Waals surface area contributed by atoms with Crippen LogP contribution in [0, 0.1) is 0 Å². The molecule has 0 aliphatic rings. The first-order valence-corrected chi connectivity index (χ1v) is 10.8. The van der Waals surface area contributed by atoms with E-state index < -0.39 is 12.5 Å². The number of rotatable bonds is 7. The molecule has 1 aromatic heterocycles. The number of nitrogens with one attached hydrogen (secondary N) is 1. The van der Waals surface area contributed by atoms with Crippen LogP contribution in [0.1, 0.15) is 42.1 Å². The van der Waals surface area contributed by atoms with Crippen LogP contribution in [0.2, 0.25) is 0 Å². The van der Waals surface area contributed by atoms with Crippen molar-refractivity contribution in [3.05, 3.63) is 90.0 Å². The second-order valence-electron chi connectivity index (χ2n) is 7.83. The molecule has 6 heteroatoms.